The number of hydrogen-bond acceptors (Lipinski definition) is 2. The van der Waals surface area contributed by atoms with Crippen LogP contribution in [0.25, 0.3) is 0 Å². The number of amides is 2. The molecule has 21 heavy (non-hydrogen) atoms. The normalized spacial score (nSPS) is 25.7. The van der Waals surface area contributed by atoms with Crippen LogP contribution in [0.2, 0.25) is 0 Å². The van der Waals surface area contributed by atoms with Crippen LogP contribution in [0.3, 0.4) is 0 Å². The Morgan fingerprint density at radius 2 is 1.86 bits per heavy atom. The Bertz CT molecular complexity index is 389. The summed E-state index contributed by atoms with van der Waals surface area (Å²) in [7, 11) is 0. The number of carboxylic acid groups (broad SMARTS) is 1. The molecule has 2 saturated heterocycles. The Hall–Kier alpha value is -1.26. The van der Waals surface area contributed by atoms with Gasteiger partial charge in [-0.1, -0.05) is 20.3 Å². The Balaban J connectivity index is 1.93. The highest BCUT2D eigenvalue weighted by Crippen LogP contribution is 2.36. The Morgan fingerprint density at radius 1 is 1.19 bits per heavy atom. The first kappa shape index (κ1) is 16.1. The van der Waals surface area contributed by atoms with Gasteiger partial charge in [0.25, 0.3) is 0 Å². The van der Waals surface area contributed by atoms with Crippen LogP contribution in [0.15, 0.2) is 0 Å². The van der Waals surface area contributed by atoms with Gasteiger partial charge in [-0.2, -0.15) is 0 Å². The molecule has 1 unspecified atom stereocenters. The molecule has 0 bridgehead atoms. The van der Waals surface area contributed by atoms with E-state index in [4.69, 9.17) is 0 Å². The van der Waals surface area contributed by atoms with Crippen molar-refractivity contribution in [2.24, 2.45) is 11.3 Å². The van der Waals surface area contributed by atoms with Crippen molar-refractivity contribution in [3.63, 3.8) is 0 Å². The zero-order valence-electron chi connectivity index (χ0n) is 13.3. The fourth-order valence-electron chi connectivity index (χ4n) is 3.74. The molecule has 5 nitrogen and oxygen atoms in total. The number of aliphatic carboxylic acids is 1. The van der Waals surface area contributed by atoms with Crippen molar-refractivity contribution in [2.75, 3.05) is 26.2 Å². The molecular formula is C16H28N2O3. The standard InChI is InChI=1S/C16H28N2O3/c1-3-6-16(14(19)20)7-10-17(11-8-16)15(21)18-9-4-5-13(2)12-18/h13H,3-12H2,1-2H3,(H,19,20). The van der Waals surface area contributed by atoms with Crippen LogP contribution in [0.1, 0.15) is 52.4 Å². The van der Waals surface area contributed by atoms with Crippen LogP contribution in [-0.4, -0.2) is 53.1 Å². The molecule has 5 heteroatoms. The summed E-state index contributed by atoms with van der Waals surface area (Å²) in [5.74, 6) is -0.117. The monoisotopic (exact) mass is 296 g/mol. The molecular weight excluding hydrogens is 268 g/mol. The van der Waals surface area contributed by atoms with Gasteiger partial charge in [0.1, 0.15) is 0 Å². The van der Waals surface area contributed by atoms with E-state index in [9.17, 15) is 14.7 Å². The van der Waals surface area contributed by atoms with Crippen molar-refractivity contribution >= 4 is 12.0 Å². The molecule has 0 aromatic carbocycles. The number of rotatable bonds is 3. The molecule has 2 fully saturated rings. The lowest BCUT2D eigenvalue weighted by Gasteiger charge is -2.42. The maximum absolute atomic E-state index is 12.5. The van der Waals surface area contributed by atoms with Crippen molar-refractivity contribution in [1.82, 2.24) is 9.80 Å². The van der Waals surface area contributed by atoms with Gasteiger partial charge in [-0.3, -0.25) is 4.79 Å². The average Bonchev–Trinajstić information content (AvgIpc) is 2.47. The molecule has 2 amide bonds. The van der Waals surface area contributed by atoms with Crippen LogP contribution in [0.4, 0.5) is 4.79 Å². The van der Waals surface area contributed by atoms with Gasteiger partial charge in [-0.05, 0) is 38.0 Å². The molecule has 2 aliphatic rings. The first-order valence-corrected chi connectivity index (χ1v) is 8.26. The van der Waals surface area contributed by atoms with Gasteiger partial charge in [0.15, 0.2) is 0 Å². The molecule has 0 radical (unpaired) electrons. The van der Waals surface area contributed by atoms with Crippen LogP contribution < -0.4 is 0 Å². The van der Waals surface area contributed by atoms with E-state index in [1.807, 2.05) is 16.7 Å². The number of carbonyl (C=O) groups is 2. The minimum atomic E-state index is -0.692. The number of likely N-dealkylation sites (tertiary alicyclic amines) is 2. The number of piperidine rings is 2. The predicted molar refractivity (Wildman–Crippen MR) is 81.2 cm³/mol. The third-order valence-corrected chi connectivity index (χ3v) is 5.10. The van der Waals surface area contributed by atoms with Crippen LogP contribution in [-0.2, 0) is 4.79 Å². The zero-order chi connectivity index (χ0) is 15.5. The summed E-state index contributed by atoms with van der Waals surface area (Å²) in [5, 5.41) is 9.51. The van der Waals surface area contributed by atoms with E-state index in [2.05, 4.69) is 6.92 Å². The summed E-state index contributed by atoms with van der Waals surface area (Å²) < 4.78 is 0. The van der Waals surface area contributed by atoms with E-state index < -0.39 is 11.4 Å². The second-order valence-corrected chi connectivity index (χ2v) is 6.80. The minimum Gasteiger partial charge on any atom is -0.481 e. The van der Waals surface area contributed by atoms with Crippen molar-refractivity contribution in [3.8, 4) is 0 Å². The average molecular weight is 296 g/mol. The smallest absolute Gasteiger partial charge is 0.320 e. The molecule has 2 aliphatic heterocycles. The molecule has 2 rings (SSSR count). The number of nitrogens with zero attached hydrogens (tertiary/aromatic N) is 2. The highest BCUT2D eigenvalue weighted by molar-refractivity contribution is 5.77. The van der Waals surface area contributed by atoms with E-state index in [1.54, 1.807) is 0 Å². The summed E-state index contributed by atoms with van der Waals surface area (Å²) in [4.78, 5) is 27.9. The Labute approximate surface area is 127 Å². The van der Waals surface area contributed by atoms with Gasteiger partial charge in [0.2, 0.25) is 0 Å². The topological polar surface area (TPSA) is 60.9 Å². The van der Waals surface area contributed by atoms with Gasteiger partial charge in [0, 0.05) is 26.2 Å². The van der Waals surface area contributed by atoms with E-state index in [-0.39, 0.29) is 6.03 Å². The number of urea groups is 1. The number of hydrogen-bond donors (Lipinski definition) is 1. The third kappa shape index (κ3) is 3.50. The second-order valence-electron chi connectivity index (χ2n) is 6.80. The lowest BCUT2D eigenvalue weighted by atomic mass is 9.75. The van der Waals surface area contributed by atoms with Gasteiger partial charge in [-0.25, -0.2) is 4.79 Å². The summed E-state index contributed by atoms with van der Waals surface area (Å²) in [6.45, 7) is 7.06. The minimum absolute atomic E-state index is 0.108. The third-order valence-electron chi connectivity index (χ3n) is 5.10. The summed E-state index contributed by atoms with van der Waals surface area (Å²) >= 11 is 0. The lowest BCUT2D eigenvalue weighted by Crippen LogP contribution is -2.52. The molecule has 0 aliphatic carbocycles. The Kier molecular flexibility index (Phi) is 5.12. The van der Waals surface area contributed by atoms with E-state index in [0.717, 1.165) is 25.9 Å². The fourth-order valence-corrected chi connectivity index (χ4v) is 3.74. The first-order chi connectivity index (χ1) is 9.98. The molecule has 0 spiro atoms. The maximum atomic E-state index is 12.5. The highest BCUT2D eigenvalue weighted by atomic mass is 16.4. The zero-order valence-corrected chi connectivity index (χ0v) is 13.3. The van der Waals surface area contributed by atoms with Crippen LogP contribution >= 0.6 is 0 Å². The fraction of sp³-hybridized carbons (Fsp3) is 0.875. The van der Waals surface area contributed by atoms with E-state index in [1.165, 1.54) is 6.42 Å². The van der Waals surface area contributed by atoms with Crippen molar-refractivity contribution in [1.29, 1.82) is 0 Å². The molecule has 2 heterocycles. The summed E-state index contributed by atoms with van der Waals surface area (Å²) in [5.41, 5.74) is -0.610. The van der Waals surface area contributed by atoms with Crippen molar-refractivity contribution in [2.45, 2.75) is 52.4 Å². The van der Waals surface area contributed by atoms with Crippen LogP contribution in [0, 0.1) is 11.3 Å². The largest absolute Gasteiger partial charge is 0.481 e. The highest BCUT2D eigenvalue weighted by Gasteiger charge is 2.42. The summed E-state index contributed by atoms with van der Waals surface area (Å²) in [6, 6.07) is 0.108. The molecule has 0 saturated carbocycles. The van der Waals surface area contributed by atoms with Gasteiger partial charge < -0.3 is 14.9 Å². The first-order valence-electron chi connectivity index (χ1n) is 8.26. The molecule has 1 atom stereocenters. The Morgan fingerprint density at radius 3 is 2.38 bits per heavy atom. The SMILES string of the molecule is CCCC1(C(=O)O)CCN(C(=O)N2CCCC(C)C2)CC1. The second kappa shape index (κ2) is 6.67. The van der Waals surface area contributed by atoms with E-state index >= 15 is 0 Å². The van der Waals surface area contributed by atoms with Crippen LogP contribution in [0.5, 0.6) is 0 Å². The molecule has 0 aromatic heterocycles. The molecule has 120 valence electrons. The molecule has 0 aromatic rings. The van der Waals surface area contributed by atoms with Crippen molar-refractivity contribution in [3.05, 3.63) is 0 Å². The quantitative estimate of drug-likeness (QED) is 0.871. The maximum Gasteiger partial charge on any atom is 0.320 e. The number of carboxylic acids is 1. The van der Waals surface area contributed by atoms with Crippen molar-refractivity contribution < 1.29 is 14.7 Å². The predicted octanol–water partition coefficient (Wildman–Crippen LogP) is 2.81. The number of carbonyl (C=O) groups excluding carboxylic acids is 1. The molecule has 1 N–H and O–H groups in total. The lowest BCUT2D eigenvalue weighted by molar-refractivity contribution is -0.152. The van der Waals surface area contributed by atoms with Gasteiger partial charge in [0.05, 0.1) is 5.41 Å². The van der Waals surface area contributed by atoms with E-state index in [0.29, 0.717) is 38.3 Å². The van der Waals surface area contributed by atoms with Gasteiger partial charge >= 0.3 is 12.0 Å². The summed E-state index contributed by atoms with van der Waals surface area (Å²) in [6.07, 6.45) is 5.05. The van der Waals surface area contributed by atoms with Gasteiger partial charge in [-0.15, -0.1) is 0 Å².